The Labute approximate surface area is 361 Å². The molecule has 320 valence electrons. The van der Waals surface area contributed by atoms with Gasteiger partial charge in [-0.05, 0) is 75.0 Å². The van der Waals surface area contributed by atoms with Crippen LogP contribution in [0.25, 0.3) is 0 Å². The Morgan fingerprint density at radius 2 is 0.537 bits per heavy atom. The SMILES string of the molecule is CCCCC(CC)C(=O)[O-].CCCCC(CC)C(=O)[O-].CCCCC(CC)C(=O)[O-].CCCCC(CC)C(=O)[O-].CCC[CH2][Sn+2][CH2]CCC.C[O-].C[O-].[Sn+4]. The van der Waals surface area contributed by atoms with Crippen molar-refractivity contribution in [3.63, 3.8) is 0 Å². The third-order valence-corrected chi connectivity index (χ3v) is 12.4. The van der Waals surface area contributed by atoms with E-state index in [0.717, 1.165) is 91.3 Å². The molecule has 0 spiro atoms. The zero-order valence-corrected chi connectivity index (χ0v) is 42.7. The van der Waals surface area contributed by atoms with Gasteiger partial charge in [0.2, 0.25) is 0 Å². The zero-order valence-electron chi connectivity index (χ0n) is 36.9. The summed E-state index contributed by atoms with van der Waals surface area (Å²) in [5.74, 6) is -4.46. The fraction of sp³-hybridized carbons (Fsp3) is 0.905. The number of carboxylic acid groups (broad SMARTS) is 4. The molecule has 0 aromatic carbocycles. The molecule has 0 bridgehead atoms. The molecule has 0 aromatic rings. The van der Waals surface area contributed by atoms with Crippen molar-refractivity contribution in [3.05, 3.63) is 0 Å². The van der Waals surface area contributed by atoms with Crippen LogP contribution in [-0.2, 0) is 19.2 Å². The monoisotopic (exact) mass is 988 g/mol. The molecule has 0 aliphatic rings. The Kier molecular flexibility index (Phi) is 84.7. The van der Waals surface area contributed by atoms with Gasteiger partial charge in [-0.25, -0.2) is 0 Å². The number of hydrogen-bond acceptors (Lipinski definition) is 10. The van der Waals surface area contributed by atoms with Crippen LogP contribution in [0, 0.1) is 23.7 Å². The topological polar surface area (TPSA) is 207 Å². The summed E-state index contributed by atoms with van der Waals surface area (Å²) in [6, 6.07) is 0. The quantitative estimate of drug-likeness (QED) is 0.0876. The second-order valence-electron chi connectivity index (χ2n) is 12.7. The van der Waals surface area contributed by atoms with Gasteiger partial charge in [0.05, 0.1) is 0 Å². The van der Waals surface area contributed by atoms with Crippen molar-refractivity contribution in [2.24, 2.45) is 23.7 Å². The maximum atomic E-state index is 10.3. The first-order valence-corrected chi connectivity index (χ1v) is 24.7. The van der Waals surface area contributed by atoms with Gasteiger partial charge in [-0.2, -0.15) is 14.2 Å². The van der Waals surface area contributed by atoms with E-state index in [2.05, 4.69) is 41.5 Å². The van der Waals surface area contributed by atoms with E-state index in [-0.39, 0.29) is 68.7 Å². The Morgan fingerprint density at radius 1 is 0.370 bits per heavy atom. The second kappa shape index (κ2) is 64.3. The van der Waals surface area contributed by atoms with Crippen molar-refractivity contribution in [2.75, 3.05) is 14.2 Å². The van der Waals surface area contributed by atoms with Crippen LogP contribution in [0.1, 0.15) is 198 Å². The molecular formula is C42H84O10Sn2. The van der Waals surface area contributed by atoms with Crippen LogP contribution >= 0.6 is 0 Å². The molecule has 0 amide bonds. The Bertz CT molecular complexity index is 617. The Balaban J connectivity index is -0.0000000793. The molecular weight excluding hydrogens is 902 g/mol. The molecule has 0 aliphatic carbocycles. The first kappa shape index (κ1) is 71.1. The summed E-state index contributed by atoms with van der Waals surface area (Å²) in [6.07, 6.45) is 19.9. The summed E-state index contributed by atoms with van der Waals surface area (Å²) in [5, 5.41) is 57.8. The Morgan fingerprint density at radius 3 is 0.648 bits per heavy atom. The molecule has 0 rings (SSSR count). The van der Waals surface area contributed by atoms with Gasteiger partial charge >= 0.3 is 93.5 Å². The van der Waals surface area contributed by atoms with Crippen molar-refractivity contribution in [2.45, 2.75) is 207 Å². The molecule has 0 fully saturated rings. The van der Waals surface area contributed by atoms with Crippen LogP contribution in [0.3, 0.4) is 0 Å². The third-order valence-electron chi connectivity index (χ3n) is 8.34. The maximum Gasteiger partial charge on any atom is 4.00 e. The van der Waals surface area contributed by atoms with Crippen molar-refractivity contribution in [1.82, 2.24) is 0 Å². The van der Waals surface area contributed by atoms with Crippen molar-refractivity contribution >= 4 is 68.9 Å². The van der Waals surface area contributed by atoms with E-state index in [1.54, 1.807) is 8.87 Å². The summed E-state index contributed by atoms with van der Waals surface area (Å²) in [4.78, 5) is 41.3. The van der Waals surface area contributed by atoms with Crippen molar-refractivity contribution in [1.29, 1.82) is 0 Å². The van der Waals surface area contributed by atoms with Gasteiger partial charge in [0.1, 0.15) is 0 Å². The summed E-state index contributed by atoms with van der Waals surface area (Å²) >= 11 is 0.149. The number of unbranched alkanes of at least 4 members (excludes halogenated alkanes) is 6. The molecule has 0 radical (unpaired) electrons. The smallest absolute Gasteiger partial charge is 0.857 e. The minimum absolute atomic E-state index is 0. The van der Waals surface area contributed by atoms with Gasteiger partial charge in [0.15, 0.2) is 0 Å². The van der Waals surface area contributed by atoms with Crippen LogP contribution in [0.15, 0.2) is 0 Å². The molecule has 54 heavy (non-hydrogen) atoms. The molecule has 4 unspecified atom stereocenters. The van der Waals surface area contributed by atoms with Gasteiger partial charge in [0, 0.05) is 23.9 Å². The number of carbonyl (C=O) groups is 4. The van der Waals surface area contributed by atoms with Crippen LogP contribution < -0.4 is 30.6 Å². The van der Waals surface area contributed by atoms with Crippen LogP contribution in [0.4, 0.5) is 0 Å². The summed E-state index contributed by atoms with van der Waals surface area (Å²) in [7, 11) is 1.50. The summed E-state index contributed by atoms with van der Waals surface area (Å²) in [6.45, 7) is 20.4. The molecule has 0 aromatic heterocycles. The molecule has 12 heteroatoms. The van der Waals surface area contributed by atoms with Crippen LogP contribution in [0.2, 0.25) is 8.87 Å². The van der Waals surface area contributed by atoms with E-state index in [1.165, 1.54) is 25.7 Å². The fourth-order valence-corrected chi connectivity index (χ4v) is 8.64. The number of carboxylic acids is 4. The normalized spacial score (nSPS) is 11.4. The maximum absolute atomic E-state index is 10.3. The van der Waals surface area contributed by atoms with Crippen molar-refractivity contribution < 1.29 is 49.8 Å². The average Bonchev–Trinajstić information content (AvgIpc) is 3.15. The van der Waals surface area contributed by atoms with Gasteiger partial charge < -0.3 is 49.8 Å². The van der Waals surface area contributed by atoms with Crippen molar-refractivity contribution in [3.8, 4) is 0 Å². The van der Waals surface area contributed by atoms with E-state index < -0.39 is 23.9 Å². The molecule has 0 heterocycles. The predicted octanol–water partition coefficient (Wildman–Crippen LogP) is 4.51. The largest absolute Gasteiger partial charge is 4.00 e. The summed E-state index contributed by atoms with van der Waals surface area (Å²) < 4.78 is 3.25. The molecule has 0 N–H and O–H groups in total. The predicted molar refractivity (Wildman–Crippen MR) is 216 cm³/mol. The van der Waals surface area contributed by atoms with Gasteiger partial charge in [0.25, 0.3) is 0 Å². The van der Waals surface area contributed by atoms with Crippen LogP contribution in [0.5, 0.6) is 0 Å². The minimum atomic E-state index is -0.893. The number of aliphatic carboxylic acids is 4. The average molecular weight is 987 g/mol. The molecule has 0 aliphatic heterocycles. The molecule has 4 atom stereocenters. The fourth-order valence-electron chi connectivity index (χ4n) is 4.49. The third kappa shape index (κ3) is 63.3. The van der Waals surface area contributed by atoms with E-state index in [9.17, 15) is 39.6 Å². The van der Waals surface area contributed by atoms with E-state index >= 15 is 0 Å². The summed E-state index contributed by atoms with van der Waals surface area (Å²) in [5.41, 5.74) is 0. The number of carbonyl (C=O) groups excluding carboxylic acids is 4. The van der Waals surface area contributed by atoms with E-state index in [1.807, 2.05) is 27.7 Å². The first-order chi connectivity index (χ1) is 25.3. The van der Waals surface area contributed by atoms with Crippen LogP contribution in [-0.4, -0.2) is 83.1 Å². The first-order valence-electron chi connectivity index (χ1n) is 20.6. The number of hydrogen-bond donors (Lipinski definition) is 0. The van der Waals surface area contributed by atoms with Gasteiger partial charge in [-0.1, -0.05) is 107 Å². The minimum Gasteiger partial charge on any atom is -0.857 e. The second-order valence-corrected chi connectivity index (χ2v) is 17.0. The molecule has 0 saturated heterocycles. The number of rotatable bonds is 26. The zero-order chi connectivity index (χ0) is 42.9. The Hall–Kier alpha value is -0.603. The molecule has 0 saturated carbocycles. The molecule has 10 nitrogen and oxygen atoms in total. The van der Waals surface area contributed by atoms with E-state index in [0.29, 0.717) is 25.7 Å². The van der Waals surface area contributed by atoms with E-state index in [4.69, 9.17) is 10.2 Å². The van der Waals surface area contributed by atoms with Gasteiger partial charge in [-0.3, -0.25) is 0 Å². The van der Waals surface area contributed by atoms with Gasteiger partial charge in [-0.15, -0.1) is 0 Å². The standard InChI is InChI=1S/4C8H16O2.2C4H9.2CH3O.2Sn/c4*1-3-5-6-7(4-2)8(9)10;2*1-3-4-2;2*1-2;;/h4*7H,3-6H2,1-2H3,(H,9,10);2*1,3-4H2,2H3;2*1H3;;/q;;;;;;2*-1;+2;+4/p-4.